The Kier molecular flexibility index (Phi) is 2.05. The average Bonchev–Trinajstić information content (AvgIpc) is 2.53. The number of carbonyl (C=O) groups excluding carboxylic acids is 2. The first-order chi connectivity index (χ1) is 6.25. The molecule has 1 aromatic rings. The second-order valence-electron chi connectivity index (χ2n) is 2.78. The number of hydrogen-bond donors (Lipinski definition) is 0. The number of nitrogens with zero attached hydrogens (tertiary/aromatic N) is 2. The maximum atomic E-state index is 10.9. The highest BCUT2D eigenvalue weighted by molar-refractivity contribution is 7.03. The summed E-state index contributed by atoms with van der Waals surface area (Å²) in [5.41, 5.74) is 0.704. The van der Waals surface area contributed by atoms with E-state index < -0.39 is 11.9 Å². The van der Waals surface area contributed by atoms with Crippen LogP contribution < -0.4 is 0 Å². The van der Waals surface area contributed by atoms with Gasteiger partial charge in [-0.25, -0.2) is 0 Å². The van der Waals surface area contributed by atoms with Crippen molar-refractivity contribution >= 4 is 23.5 Å². The molecule has 1 aromatic heterocycles. The van der Waals surface area contributed by atoms with E-state index in [9.17, 15) is 9.59 Å². The number of hydrogen-bond acceptors (Lipinski definition) is 6. The largest absolute Gasteiger partial charge is 0.393 e. The first-order valence-corrected chi connectivity index (χ1v) is 4.60. The lowest BCUT2D eigenvalue weighted by molar-refractivity contribution is -0.164. The molecule has 2 rings (SSSR count). The summed E-state index contributed by atoms with van der Waals surface area (Å²) in [5, 5.41) is 5.56. The first kappa shape index (κ1) is 8.31. The Morgan fingerprint density at radius 3 is 2.62 bits per heavy atom. The van der Waals surface area contributed by atoms with Crippen molar-refractivity contribution in [2.45, 2.75) is 18.8 Å². The van der Waals surface area contributed by atoms with E-state index >= 15 is 0 Å². The summed E-state index contributed by atoms with van der Waals surface area (Å²) in [6.45, 7) is 0. The molecule has 1 aliphatic heterocycles. The molecular weight excluding hydrogens is 192 g/mol. The molecule has 1 saturated heterocycles. The van der Waals surface area contributed by atoms with Gasteiger partial charge < -0.3 is 4.74 Å². The minimum absolute atomic E-state index is 0.146. The van der Waals surface area contributed by atoms with Crippen LogP contribution >= 0.6 is 11.5 Å². The zero-order valence-electron chi connectivity index (χ0n) is 6.60. The first-order valence-electron chi connectivity index (χ1n) is 3.76. The van der Waals surface area contributed by atoms with Crippen LogP contribution in [0.1, 0.15) is 24.5 Å². The third kappa shape index (κ3) is 1.72. The average molecular weight is 198 g/mol. The van der Waals surface area contributed by atoms with Gasteiger partial charge in [-0.1, -0.05) is 4.49 Å². The van der Waals surface area contributed by atoms with Crippen LogP contribution in [0.25, 0.3) is 0 Å². The highest BCUT2D eigenvalue weighted by atomic mass is 32.1. The normalized spacial score (nSPS) is 18.8. The van der Waals surface area contributed by atoms with Crippen molar-refractivity contribution in [3.05, 3.63) is 11.1 Å². The molecule has 0 spiro atoms. The Labute approximate surface area is 77.9 Å². The van der Waals surface area contributed by atoms with Crippen LogP contribution in [0.3, 0.4) is 0 Å². The molecule has 13 heavy (non-hydrogen) atoms. The summed E-state index contributed by atoms with van der Waals surface area (Å²) < 4.78 is 8.07. The topological polar surface area (TPSA) is 69.2 Å². The zero-order valence-corrected chi connectivity index (χ0v) is 7.41. The molecular formula is C7H6N2O3S. The van der Waals surface area contributed by atoms with Crippen molar-refractivity contribution in [2.75, 3.05) is 0 Å². The molecule has 1 aliphatic rings. The van der Waals surface area contributed by atoms with Crippen LogP contribution in [0.15, 0.2) is 5.38 Å². The van der Waals surface area contributed by atoms with Crippen molar-refractivity contribution < 1.29 is 14.3 Å². The van der Waals surface area contributed by atoms with Crippen LogP contribution in [0.4, 0.5) is 0 Å². The van der Waals surface area contributed by atoms with Gasteiger partial charge in [0.05, 0.1) is 18.5 Å². The summed E-state index contributed by atoms with van der Waals surface area (Å²) in [6.07, 6.45) is 0.439. The van der Waals surface area contributed by atoms with Gasteiger partial charge in [-0.3, -0.25) is 9.59 Å². The minimum Gasteiger partial charge on any atom is -0.393 e. The predicted octanol–water partition coefficient (Wildman–Crippen LogP) is 0.485. The van der Waals surface area contributed by atoms with Gasteiger partial charge >= 0.3 is 11.9 Å². The van der Waals surface area contributed by atoms with Gasteiger partial charge in [0.2, 0.25) is 0 Å². The van der Waals surface area contributed by atoms with Gasteiger partial charge in [-0.15, -0.1) is 5.10 Å². The molecule has 0 atom stereocenters. The summed E-state index contributed by atoms with van der Waals surface area (Å²) in [7, 11) is 0. The summed E-state index contributed by atoms with van der Waals surface area (Å²) >= 11 is 1.21. The second kappa shape index (κ2) is 3.21. The van der Waals surface area contributed by atoms with E-state index in [1.807, 2.05) is 0 Å². The van der Waals surface area contributed by atoms with Gasteiger partial charge in [0.1, 0.15) is 0 Å². The molecule has 68 valence electrons. The summed E-state index contributed by atoms with van der Waals surface area (Å²) in [5.74, 6) is -1.10. The minimum atomic E-state index is -0.478. The Hall–Kier alpha value is -1.30. The van der Waals surface area contributed by atoms with Gasteiger partial charge in [-0.05, 0) is 11.5 Å². The Bertz CT molecular complexity index is 320. The summed E-state index contributed by atoms with van der Waals surface area (Å²) in [4.78, 5) is 21.8. The van der Waals surface area contributed by atoms with E-state index in [0.29, 0.717) is 5.69 Å². The number of carbonyl (C=O) groups is 2. The van der Waals surface area contributed by atoms with Crippen molar-refractivity contribution in [3.63, 3.8) is 0 Å². The van der Waals surface area contributed by atoms with E-state index in [0.717, 1.165) is 0 Å². The van der Waals surface area contributed by atoms with E-state index in [-0.39, 0.29) is 18.8 Å². The van der Waals surface area contributed by atoms with E-state index in [1.165, 1.54) is 11.5 Å². The molecule has 0 unspecified atom stereocenters. The molecule has 0 aromatic carbocycles. The molecule has 1 fully saturated rings. The highest BCUT2D eigenvalue weighted by Gasteiger charge is 2.29. The van der Waals surface area contributed by atoms with Crippen LogP contribution in [-0.4, -0.2) is 21.5 Å². The van der Waals surface area contributed by atoms with E-state index in [1.54, 1.807) is 5.38 Å². The van der Waals surface area contributed by atoms with Gasteiger partial charge in [-0.2, -0.15) is 0 Å². The quantitative estimate of drug-likeness (QED) is 0.485. The number of ether oxygens (including phenoxy) is 1. The smallest absolute Gasteiger partial charge is 0.314 e. The van der Waals surface area contributed by atoms with Crippen LogP contribution in [0.5, 0.6) is 0 Å². The van der Waals surface area contributed by atoms with E-state index in [2.05, 4.69) is 14.3 Å². The van der Waals surface area contributed by atoms with Crippen LogP contribution in [0.2, 0.25) is 0 Å². The third-order valence-electron chi connectivity index (χ3n) is 1.85. The van der Waals surface area contributed by atoms with Crippen LogP contribution in [0, 0.1) is 0 Å². The Morgan fingerprint density at radius 2 is 2.08 bits per heavy atom. The van der Waals surface area contributed by atoms with Gasteiger partial charge in [0.15, 0.2) is 0 Å². The lowest BCUT2D eigenvalue weighted by atomic mass is 9.97. The molecule has 0 saturated carbocycles. The number of aromatic nitrogens is 2. The molecule has 0 bridgehead atoms. The predicted molar refractivity (Wildman–Crippen MR) is 43.0 cm³/mol. The molecule has 5 nitrogen and oxygen atoms in total. The lowest BCUT2D eigenvalue weighted by Crippen LogP contribution is -2.24. The maximum Gasteiger partial charge on any atom is 0.314 e. The van der Waals surface area contributed by atoms with Crippen LogP contribution in [-0.2, 0) is 14.3 Å². The van der Waals surface area contributed by atoms with Crippen molar-refractivity contribution in [3.8, 4) is 0 Å². The molecule has 0 amide bonds. The monoisotopic (exact) mass is 198 g/mol. The Morgan fingerprint density at radius 1 is 1.38 bits per heavy atom. The maximum absolute atomic E-state index is 10.9. The SMILES string of the molecule is O=C1CC(c2csnn2)CC(=O)O1. The fourth-order valence-electron chi connectivity index (χ4n) is 1.24. The van der Waals surface area contributed by atoms with Gasteiger partial charge in [0, 0.05) is 11.3 Å². The fraction of sp³-hybridized carbons (Fsp3) is 0.429. The zero-order chi connectivity index (χ0) is 9.26. The summed E-state index contributed by atoms with van der Waals surface area (Å²) in [6, 6.07) is 0. The molecule has 0 aliphatic carbocycles. The lowest BCUT2D eigenvalue weighted by Gasteiger charge is -2.16. The fourth-order valence-corrected chi connectivity index (χ4v) is 1.78. The molecule has 0 N–H and O–H groups in total. The number of rotatable bonds is 1. The van der Waals surface area contributed by atoms with E-state index in [4.69, 9.17) is 0 Å². The van der Waals surface area contributed by atoms with Gasteiger partial charge in [0.25, 0.3) is 0 Å². The number of cyclic esters (lactones) is 2. The molecule has 0 radical (unpaired) electrons. The highest BCUT2D eigenvalue weighted by Crippen LogP contribution is 2.26. The second-order valence-corrected chi connectivity index (χ2v) is 3.39. The number of esters is 2. The Balaban J connectivity index is 2.16. The molecule has 2 heterocycles. The standard InChI is InChI=1S/C7H6N2O3S/c10-6-1-4(2-7(11)12-6)5-3-13-9-8-5/h3-4H,1-2H2. The van der Waals surface area contributed by atoms with Crippen molar-refractivity contribution in [2.24, 2.45) is 0 Å². The third-order valence-corrected chi connectivity index (χ3v) is 2.37. The van der Waals surface area contributed by atoms with Crippen molar-refractivity contribution in [1.29, 1.82) is 0 Å². The van der Waals surface area contributed by atoms with Crippen molar-refractivity contribution in [1.82, 2.24) is 9.59 Å². The molecule has 6 heteroatoms.